The van der Waals surface area contributed by atoms with Crippen molar-refractivity contribution in [3.05, 3.63) is 41.5 Å². The first kappa shape index (κ1) is 9.20. The average Bonchev–Trinajstić information content (AvgIpc) is 2.15. The number of benzene rings is 1. The van der Waals surface area contributed by atoms with Crippen molar-refractivity contribution in [1.82, 2.24) is 0 Å². The Balaban J connectivity index is 2.86. The summed E-state index contributed by atoms with van der Waals surface area (Å²) < 4.78 is 0. The van der Waals surface area contributed by atoms with Gasteiger partial charge in [0.05, 0.1) is 0 Å². The minimum Gasteiger partial charge on any atom is -0.298 e. The van der Waals surface area contributed by atoms with Crippen molar-refractivity contribution in [3.63, 3.8) is 0 Å². The molecule has 0 aliphatic rings. The number of carbonyl (C=O) groups excluding carboxylic acids is 1. The second kappa shape index (κ2) is 4.88. The summed E-state index contributed by atoms with van der Waals surface area (Å²) >= 11 is 3.29. The van der Waals surface area contributed by atoms with Gasteiger partial charge in [-0.1, -0.05) is 46.3 Å². The molecule has 0 radical (unpaired) electrons. The first-order valence-corrected chi connectivity index (χ1v) is 4.76. The van der Waals surface area contributed by atoms with Gasteiger partial charge in [0.25, 0.3) is 0 Å². The Morgan fingerprint density at radius 1 is 1.33 bits per heavy atom. The third-order valence-corrected chi connectivity index (χ3v) is 1.82. The van der Waals surface area contributed by atoms with Gasteiger partial charge in [0.15, 0.2) is 0 Å². The topological polar surface area (TPSA) is 17.1 Å². The predicted octanol–water partition coefficient (Wildman–Crippen LogP) is 2.91. The van der Waals surface area contributed by atoms with Crippen molar-refractivity contribution in [2.75, 3.05) is 5.33 Å². The Kier molecular flexibility index (Phi) is 3.74. The summed E-state index contributed by atoms with van der Waals surface area (Å²) in [6, 6.07) is 7.48. The number of carbonyl (C=O) groups is 1. The Hall–Kier alpha value is -0.890. The van der Waals surface area contributed by atoms with Gasteiger partial charge in [0.1, 0.15) is 6.29 Å². The Labute approximate surface area is 80.2 Å². The van der Waals surface area contributed by atoms with Crippen molar-refractivity contribution in [2.24, 2.45) is 0 Å². The maximum atomic E-state index is 10.4. The van der Waals surface area contributed by atoms with Crippen LogP contribution >= 0.6 is 15.9 Å². The summed E-state index contributed by atoms with van der Waals surface area (Å²) in [5.74, 6) is 0. The lowest BCUT2D eigenvalue weighted by Crippen LogP contribution is -1.79. The predicted molar refractivity (Wildman–Crippen MR) is 54.7 cm³/mol. The van der Waals surface area contributed by atoms with Crippen molar-refractivity contribution < 1.29 is 4.79 Å². The lowest BCUT2D eigenvalue weighted by molar-refractivity contribution is 0.112. The number of allylic oxidation sites excluding steroid dienone is 1. The van der Waals surface area contributed by atoms with E-state index in [2.05, 4.69) is 15.9 Å². The quantitative estimate of drug-likeness (QED) is 0.571. The van der Waals surface area contributed by atoms with E-state index >= 15 is 0 Å². The molecule has 0 fully saturated rings. The number of halogens is 1. The first-order chi connectivity index (χ1) is 5.86. The van der Waals surface area contributed by atoms with Crippen LogP contribution in [0.3, 0.4) is 0 Å². The van der Waals surface area contributed by atoms with E-state index in [1.54, 1.807) is 6.07 Å². The van der Waals surface area contributed by atoms with Crippen LogP contribution in [0.5, 0.6) is 0 Å². The molecular formula is C10H9BrO. The molecule has 0 N–H and O–H groups in total. The standard InChI is InChI=1S/C10H9BrO/c11-6-2-5-9-3-1-4-10(7-9)8-12/h1-5,7-8H,6H2. The van der Waals surface area contributed by atoms with Crippen LogP contribution in [0.1, 0.15) is 15.9 Å². The van der Waals surface area contributed by atoms with E-state index in [4.69, 9.17) is 0 Å². The molecule has 0 spiro atoms. The molecule has 0 unspecified atom stereocenters. The van der Waals surface area contributed by atoms with Crippen LogP contribution in [-0.4, -0.2) is 11.6 Å². The number of aldehydes is 1. The molecule has 1 aromatic carbocycles. The van der Waals surface area contributed by atoms with E-state index < -0.39 is 0 Å². The Morgan fingerprint density at radius 2 is 2.08 bits per heavy atom. The highest BCUT2D eigenvalue weighted by Gasteiger charge is 1.89. The Morgan fingerprint density at radius 3 is 2.75 bits per heavy atom. The second-order valence-electron chi connectivity index (χ2n) is 2.34. The van der Waals surface area contributed by atoms with Crippen LogP contribution in [0.25, 0.3) is 6.08 Å². The fraction of sp³-hybridized carbons (Fsp3) is 0.100. The highest BCUT2D eigenvalue weighted by atomic mass is 79.9. The number of hydrogen-bond donors (Lipinski definition) is 0. The lowest BCUT2D eigenvalue weighted by Gasteiger charge is -1.93. The number of rotatable bonds is 3. The zero-order chi connectivity index (χ0) is 8.81. The molecule has 1 rings (SSSR count). The highest BCUT2D eigenvalue weighted by molar-refractivity contribution is 9.09. The summed E-state index contributed by atoms with van der Waals surface area (Å²) in [7, 11) is 0. The molecule has 12 heavy (non-hydrogen) atoms. The molecule has 0 aliphatic heterocycles. The van der Waals surface area contributed by atoms with Crippen LogP contribution in [0.15, 0.2) is 30.3 Å². The molecule has 0 heterocycles. The third kappa shape index (κ3) is 2.62. The molecule has 0 aromatic heterocycles. The minimum atomic E-state index is 0.715. The summed E-state index contributed by atoms with van der Waals surface area (Å²) in [6.45, 7) is 0. The maximum Gasteiger partial charge on any atom is 0.150 e. The molecule has 1 nitrogen and oxygen atoms in total. The van der Waals surface area contributed by atoms with E-state index in [1.165, 1.54) is 0 Å². The van der Waals surface area contributed by atoms with Gasteiger partial charge in [0.2, 0.25) is 0 Å². The molecule has 0 amide bonds. The second-order valence-corrected chi connectivity index (χ2v) is 2.99. The average molecular weight is 225 g/mol. The van der Waals surface area contributed by atoms with Crippen molar-refractivity contribution in [3.8, 4) is 0 Å². The fourth-order valence-electron chi connectivity index (χ4n) is 0.917. The molecule has 0 bridgehead atoms. The van der Waals surface area contributed by atoms with E-state index in [0.29, 0.717) is 5.56 Å². The van der Waals surface area contributed by atoms with E-state index in [0.717, 1.165) is 17.2 Å². The van der Waals surface area contributed by atoms with E-state index in [-0.39, 0.29) is 0 Å². The van der Waals surface area contributed by atoms with Crippen LogP contribution < -0.4 is 0 Å². The van der Waals surface area contributed by atoms with Gasteiger partial charge in [-0.2, -0.15) is 0 Å². The van der Waals surface area contributed by atoms with E-state index in [9.17, 15) is 4.79 Å². The molecular weight excluding hydrogens is 216 g/mol. The van der Waals surface area contributed by atoms with Crippen molar-refractivity contribution in [2.45, 2.75) is 0 Å². The fourth-order valence-corrected chi connectivity index (χ4v) is 1.10. The number of hydrogen-bond acceptors (Lipinski definition) is 1. The van der Waals surface area contributed by atoms with Crippen molar-refractivity contribution in [1.29, 1.82) is 0 Å². The molecule has 0 saturated carbocycles. The van der Waals surface area contributed by atoms with Crippen LogP contribution in [0.4, 0.5) is 0 Å². The van der Waals surface area contributed by atoms with Crippen LogP contribution in [0.2, 0.25) is 0 Å². The van der Waals surface area contributed by atoms with Gasteiger partial charge < -0.3 is 0 Å². The molecule has 0 atom stereocenters. The molecule has 62 valence electrons. The summed E-state index contributed by atoms with van der Waals surface area (Å²) in [6.07, 6.45) is 4.82. The smallest absolute Gasteiger partial charge is 0.150 e. The van der Waals surface area contributed by atoms with Gasteiger partial charge in [-0.3, -0.25) is 4.79 Å². The monoisotopic (exact) mass is 224 g/mol. The van der Waals surface area contributed by atoms with Crippen molar-refractivity contribution >= 4 is 28.3 Å². The zero-order valence-electron chi connectivity index (χ0n) is 6.53. The third-order valence-electron chi connectivity index (χ3n) is 1.45. The lowest BCUT2D eigenvalue weighted by atomic mass is 10.1. The molecule has 0 aliphatic carbocycles. The van der Waals surface area contributed by atoms with Crippen LogP contribution in [0, 0.1) is 0 Å². The van der Waals surface area contributed by atoms with Gasteiger partial charge >= 0.3 is 0 Å². The zero-order valence-corrected chi connectivity index (χ0v) is 8.12. The highest BCUT2D eigenvalue weighted by Crippen LogP contribution is 2.05. The SMILES string of the molecule is O=Cc1cccc(C=CCBr)c1. The summed E-state index contributed by atoms with van der Waals surface area (Å²) in [5.41, 5.74) is 1.77. The normalized spacial score (nSPS) is 10.4. The maximum absolute atomic E-state index is 10.4. The molecule has 0 saturated heterocycles. The molecule has 2 heteroatoms. The van der Waals surface area contributed by atoms with E-state index in [1.807, 2.05) is 30.4 Å². The Bertz CT molecular complexity index is 292. The summed E-state index contributed by atoms with van der Waals surface area (Å²) in [4.78, 5) is 10.4. The molecule has 1 aromatic rings. The first-order valence-electron chi connectivity index (χ1n) is 3.64. The van der Waals surface area contributed by atoms with Gasteiger partial charge in [-0.15, -0.1) is 0 Å². The minimum absolute atomic E-state index is 0.715. The number of alkyl halides is 1. The van der Waals surface area contributed by atoms with Gasteiger partial charge in [0, 0.05) is 10.9 Å². The van der Waals surface area contributed by atoms with Gasteiger partial charge in [-0.05, 0) is 11.6 Å². The largest absolute Gasteiger partial charge is 0.298 e. The van der Waals surface area contributed by atoms with Crippen LogP contribution in [-0.2, 0) is 0 Å². The van der Waals surface area contributed by atoms with Gasteiger partial charge in [-0.25, -0.2) is 0 Å². The summed E-state index contributed by atoms with van der Waals surface area (Å²) in [5, 5.41) is 0.832.